The number of piperazine rings is 1. The zero-order chi connectivity index (χ0) is 18.4. The van der Waals surface area contributed by atoms with Crippen molar-refractivity contribution in [2.75, 3.05) is 33.3 Å². The number of nitrogens with zero attached hydrogens (tertiary/aromatic N) is 2. The maximum atomic E-state index is 12.6. The molecule has 1 aliphatic rings. The van der Waals surface area contributed by atoms with Gasteiger partial charge in [-0.3, -0.25) is 9.59 Å². The molecule has 0 aliphatic carbocycles. The third kappa shape index (κ3) is 4.88. The van der Waals surface area contributed by atoms with Gasteiger partial charge in [0.1, 0.15) is 5.75 Å². The van der Waals surface area contributed by atoms with E-state index >= 15 is 0 Å². The molecule has 1 fully saturated rings. The number of carbonyl (C=O) groups is 2. The van der Waals surface area contributed by atoms with Gasteiger partial charge in [0.15, 0.2) is 0 Å². The van der Waals surface area contributed by atoms with E-state index in [1.54, 1.807) is 25.3 Å². The van der Waals surface area contributed by atoms with E-state index in [1.165, 1.54) is 0 Å². The summed E-state index contributed by atoms with van der Waals surface area (Å²) in [6.07, 6.45) is 1.98. The number of ether oxygens (including phenoxy) is 1. The van der Waals surface area contributed by atoms with E-state index in [2.05, 4.69) is 0 Å². The second-order valence-electron chi connectivity index (χ2n) is 6.35. The van der Waals surface area contributed by atoms with Crippen molar-refractivity contribution in [3.63, 3.8) is 0 Å². The van der Waals surface area contributed by atoms with E-state index < -0.39 is 0 Å². The Balaban J connectivity index is 1.93. The molecule has 6 heteroatoms. The van der Waals surface area contributed by atoms with Gasteiger partial charge in [-0.25, -0.2) is 0 Å². The van der Waals surface area contributed by atoms with Crippen LogP contribution >= 0.6 is 11.6 Å². The van der Waals surface area contributed by atoms with E-state index in [4.69, 9.17) is 16.3 Å². The van der Waals surface area contributed by atoms with E-state index in [0.717, 1.165) is 18.4 Å². The highest BCUT2D eigenvalue weighted by Gasteiger charge is 2.27. The van der Waals surface area contributed by atoms with Crippen molar-refractivity contribution in [3.05, 3.63) is 28.8 Å². The van der Waals surface area contributed by atoms with Crippen molar-refractivity contribution in [2.24, 2.45) is 5.92 Å². The lowest BCUT2D eigenvalue weighted by molar-refractivity contribution is -0.142. The van der Waals surface area contributed by atoms with Crippen LogP contribution in [-0.2, 0) is 16.0 Å². The Labute approximate surface area is 154 Å². The lowest BCUT2D eigenvalue weighted by Gasteiger charge is -2.36. The summed E-state index contributed by atoms with van der Waals surface area (Å²) in [5.41, 5.74) is 0.788. The molecule has 1 saturated heterocycles. The van der Waals surface area contributed by atoms with Crippen LogP contribution in [0.1, 0.15) is 32.3 Å². The minimum absolute atomic E-state index is 0.0372. The molecule has 2 amide bonds. The molecule has 0 aromatic heterocycles. The van der Waals surface area contributed by atoms with E-state index in [9.17, 15) is 9.59 Å². The molecule has 1 aromatic carbocycles. The monoisotopic (exact) mass is 366 g/mol. The predicted molar refractivity (Wildman–Crippen MR) is 98.9 cm³/mol. The lowest BCUT2D eigenvalue weighted by atomic mass is 10.0. The first-order valence-electron chi connectivity index (χ1n) is 8.89. The molecular formula is C19H27ClN2O3. The first-order valence-corrected chi connectivity index (χ1v) is 9.26. The summed E-state index contributed by atoms with van der Waals surface area (Å²) in [4.78, 5) is 28.7. The molecule has 25 heavy (non-hydrogen) atoms. The molecule has 0 radical (unpaired) electrons. The minimum Gasteiger partial charge on any atom is -0.496 e. The molecule has 0 bridgehead atoms. The molecule has 5 nitrogen and oxygen atoms in total. The second kappa shape index (κ2) is 9.09. The number of carbonyl (C=O) groups excluding carboxylic acids is 2. The van der Waals surface area contributed by atoms with Crippen LogP contribution in [0.25, 0.3) is 0 Å². The Kier molecular flexibility index (Phi) is 7.12. The fraction of sp³-hybridized carbons (Fsp3) is 0.579. The topological polar surface area (TPSA) is 49.9 Å². The maximum Gasteiger partial charge on any atom is 0.227 e. The van der Waals surface area contributed by atoms with Gasteiger partial charge in [0.25, 0.3) is 0 Å². The molecular weight excluding hydrogens is 340 g/mol. The van der Waals surface area contributed by atoms with Crippen LogP contribution in [0.2, 0.25) is 5.02 Å². The van der Waals surface area contributed by atoms with Crippen molar-refractivity contribution in [3.8, 4) is 5.75 Å². The summed E-state index contributed by atoms with van der Waals surface area (Å²) in [5.74, 6) is 1.02. The molecule has 0 unspecified atom stereocenters. The van der Waals surface area contributed by atoms with Crippen LogP contribution in [-0.4, -0.2) is 54.9 Å². The van der Waals surface area contributed by atoms with Crippen LogP contribution in [0, 0.1) is 5.92 Å². The van der Waals surface area contributed by atoms with Crippen molar-refractivity contribution in [1.29, 1.82) is 0 Å². The summed E-state index contributed by atoms with van der Waals surface area (Å²) in [6.45, 7) is 6.46. The third-order valence-electron chi connectivity index (χ3n) is 4.86. The van der Waals surface area contributed by atoms with Crippen molar-refractivity contribution < 1.29 is 14.3 Å². The molecule has 1 heterocycles. The molecule has 2 rings (SSSR count). The quantitative estimate of drug-likeness (QED) is 0.777. The summed E-state index contributed by atoms with van der Waals surface area (Å²) >= 11 is 6.03. The Morgan fingerprint density at radius 2 is 1.72 bits per heavy atom. The average Bonchev–Trinajstić information content (AvgIpc) is 2.63. The van der Waals surface area contributed by atoms with Gasteiger partial charge in [0.2, 0.25) is 11.8 Å². The predicted octanol–water partition coefficient (Wildman–Crippen LogP) is 3.00. The first kappa shape index (κ1) is 19.6. The largest absolute Gasteiger partial charge is 0.496 e. The number of benzene rings is 1. The first-order chi connectivity index (χ1) is 12.0. The van der Waals surface area contributed by atoms with Crippen LogP contribution < -0.4 is 4.74 Å². The highest BCUT2D eigenvalue weighted by atomic mass is 35.5. The van der Waals surface area contributed by atoms with Crippen LogP contribution in [0.3, 0.4) is 0 Å². The van der Waals surface area contributed by atoms with E-state index in [0.29, 0.717) is 37.0 Å². The molecule has 0 atom stereocenters. The minimum atomic E-state index is 0.0372. The summed E-state index contributed by atoms with van der Waals surface area (Å²) in [6, 6.07) is 5.29. The van der Waals surface area contributed by atoms with Gasteiger partial charge in [-0.1, -0.05) is 25.4 Å². The molecule has 0 N–H and O–H groups in total. The summed E-state index contributed by atoms with van der Waals surface area (Å²) < 4.78 is 5.31. The van der Waals surface area contributed by atoms with Crippen LogP contribution in [0.15, 0.2) is 18.2 Å². The number of halogens is 1. The number of hydrogen-bond donors (Lipinski definition) is 0. The molecule has 0 saturated carbocycles. The van der Waals surface area contributed by atoms with Gasteiger partial charge in [0.05, 0.1) is 13.5 Å². The van der Waals surface area contributed by atoms with Gasteiger partial charge in [0, 0.05) is 42.7 Å². The highest BCUT2D eigenvalue weighted by molar-refractivity contribution is 6.30. The molecule has 1 aromatic rings. The lowest BCUT2D eigenvalue weighted by Crippen LogP contribution is -2.52. The molecule has 1 aliphatic heterocycles. The number of rotatable bonds is 6. The maximum absolute atomic E-state index is 12.6. The van der Waals surface area contributed by atoms with Gasteiger partial charge in [-0.05, 0) is 31.0 Å². The fourth-order valence-electron chi connectivity index (χ4n) is 3.23. The zero-order valence-electron chi connectivity index (χ0n) is 15.3. The Hall–Kier alpha value is -1.75. The molecule has 0 spiro atoms. The summed E-state index contributed by atoms with van der Waals surface area (Å²) in [5, 5.41) is 0.587. The number of methoxy groups -OCH3 is 1. The summed E-state index contributed by atoms with van der Waals surface area (Å²) in [7, 11) is 1.58. The normalized spacial score (nSPS) is 14.8. The van der Waals surface area contributed by atoms with Crippen molar-refractivity contribution in [2.45, 2.75) is 33.1 Å². The Morgan fingerprint density at radius 3 is 2.28 bits per heavy atom. The van der Waals surface area contributed by atoms with Crippen LogP contribution in [0.4, 0.5) is 0 Å². The SMILES string of the molecule is CCC(CC)C(=O)N1CCN(C(=O)Cc2cc(Cl)ccc2OC)CC1. The highest BCUT2D eigenvalue weighted by Crippen LogP contribution is 2.24. The van der Waals surface area contributed by atoms with Gasteiger partial charge in [-0.2, -0.15) is 0 Å². The van der Waals surface area contributed by atoms with Gasteiger partial charge >= 0.3 is 0 Å². The number of amides is 2. The standard InChI is InChI=1S/C19H27ClN2O3/c1-4-14(5-2)19(24)22-10-8-21(9-11-22)18(23)13-15-12-16(20)6-7-17(15)25-3/h6-7,12,14H,4-5,8-11,13H2,1-3H3. The van der Waals surface area contributed by atoms with E-state index in [-0.39, 0.29) is 24.2 Å². The second-order valence-corrected chi connectivity index (χ2v) is 6.79. The average molecular weight is 367 g/mol. The number of hydrogen-bond acceptors (Lipinski definition) is 3. The Bertz CT molecular complexity index is 609. The van der Waals surface area contributed by atoms with Gasteiger partial charge in [-0.15, -0.1) is 0 Å². The van der Waals surface area contributed by atoms with Crippen molar-refractivity contribution >= 4 is 23.4 Å². The Morgan fingerprint density at radius 1 is 1.12 bits per heavy atom. The van der Waals surface area contributed by atoms with Crippen molar-refractivity contribution in [1.82, 2.24) is 9.80 Å². The zero-order valence-corrected chi connectivity index (χ0v) is 16.0. The smallest absolute Gasteiger partial charge is 0.227 e. The van der Waals surface area contributed by atoms with Crippen LogP contribution in [0.5, 0.6) is 5.75 Å². The third-order valence-corrected chi connectivity index (χ3v) is 5.10. The molecule has 138 valence electrons. The van der Waals surface area contributed by atoms with E-state index in [1.807, 2.05) is 23.6 Å². The van der Waals surface area contributed by atoms with Gasteiger partial charge < -0.3 is 14.5 Å². The fourth-order valence-corrected chi connectivity index (χ4v) is 3.43.